The molecule has 2 N–H and O–H groups in total. The number of hydrogen-bond acceptors (Lipinski definition) is 6. The first-order valence-corrected chi connectivity index (χ1v) is 16.7. The van der Waals surface area contributed by atoms with Gasteiger partial charge in [0.15, 0.2) is 5.78 Å². The second-order valence-electron chi connectivity index (χ2n) is 13.8. The molecule has 2 atom stereocenters. The standard InChI is InChI=1S/C38H41N5O5/c1-38(2,3)48-37(46)42-17-7-11-32(42)34(44)20-25-13-15-28-27(19-25)22-30(39-28)26-14-16-29-31(21-26)41-35(40-29)33-12-8-18-43(33)36(45)47-23-24-9-5-4-6-10-24/h4-6,9-10,13-16,19,21-22,32-33,39H,7-8,11-12,17-18,20,23H2,1-3H3,(H,40,41)/t32-,33-/m0/s1. The number of Topliss-reactive ketones (excluding diaryl/α,β-unsaturated/α-hetero) is 1. The lowest BCUT2D eigenvalue weighted by Crippen LogP contribution is -2.43. The normalized spacial score (nSPS) is 18.1. The molecule has 0 bridgehead atoms. The van der Waals surface area contributed by atoms with Crippen molar-refractivity contribution < 1.29 is 23.9 Å². The second-order valence-corrected chi connectivity index (χ2v) is 13.8. The molecule has 2 aromatic heterocycles. The number of benzene rings is 3. The largest absolute Gasteiger partial charge is 0.445 e. The van der Waals surface area contributed by atoms with Crippen molar-refractivity contribution in [1.29, 1.82) is 0 Å². The number of aromatic nitrogens is 3. The highest BCUT2D eigenvalue weighted by Gasteiger charge is 2.36. The van der Waals surface area contributed by atoms with Gasteiger partial charge in [0.2, 0.25) is 0 Å². The van der Waals surface area contributed by atoms with Crippen molar-refractivity contribution in [2.45, 2.75) is 77.2 Å². The summed E-state index contributed by atoms with van der Waals surface area (Å²) in [5, 5.41) is 1.01. The van der Waals surface area contributed by atoms with Crippen LogP contribution in [0.5, 0.6) is 0 Å². The van der Waals surface area contributed by atoms with Crippen molar-refractivity contribution in [2.75, 3.05) is 13.1 Å². The predicted octanol–water partition coefficient (Wildman–Crippen LogP) is 7.70. The van der Waals surface area contributed by atoms with Gasteiger partial charge in [-0.2, -0.15) is 0 Å². The second kappa shape index (κ2) is 12.8. The van der Waals surface area contributed by atoms with Crippen LogP contribution in [0.4, 0.5) is 9.59 Å². The van der Waals surface area contributed by atoms with Gasteiger partial charge >= 0.3 is 12.2 Å². The van der Waals surface area contributed by atoms with Crippen LogP contribution in [0.3, 0.4) is 0 Å². The fraction of sp³-hybridized carbons (Fsp3) is 0.368. The fourth-order valence-electron chi connectivity index (χ4n) is 6.83. The molecule has 48 heavy (non-hydrogen) atoms. The Balaban J connectivity index is 1.04. The zero-order valence-corrected chi connectivity index (χ0v) is 27.6. The summed E-state index contributed by atoms with van der Waals surface area (Å²) in [6, 6.07) is 23.3. The zero-order chi connectivity index (χ0) is 33.4. The van der Waals surface area contributed by atoms with Crippen LogP contribution in [0.2, 0.25) is 0 Å². The Bertz CT molecular complexity index is 1970. The molecule has 0 unspecified atom stereocenters. The summed E-state index contributed by atoms with van der Waals surface area (Å²) >= 11 is 0. The minimum Gasteiger partial charge on any atom is -0.445 e. The molecule has 2 aliphatic rings. The van der Waals surface area contributed by atoms with Crippen molar-refractivity contribution in [3.63, 3.8) is 0 Å². The molecule has 4 heterocycles. The number of ketones is 1. The van der Waals surface area contributed by atoms with Crippen LogP contribution in [0.25, 0.3) is 33.2 Å². The first kappa shape index (κ1) is 31.5. The van der Waals surface area contributed by atoms with Gasteiger partial charge in [0.25, 0.3) is 0 Å². The Morgan fingerprint density at radius 3 is 2.44 bits per heavy atom. The smallest absolute Gasteiger partial charge is 0.410 e. The van der Waals surface area contributed by atoms with Gasteiger partial charge < -0.3 is 19.4 Å². The van der Waals surface area contributed by atoms with E-state index in [1.807, 2.05) is 81.4 Å². The van der Waals surface area contributed by atoms with Crippen LogP contribution < -0.4 is 0 Å². The van der Waals surface area contributed by atoms with Crippen molar-refractivity contribution in [1.82, 2.24) is 24.8 Å². The van der Waals surface area contributed by atoms with Crippen LogP contribution in [0.1, 0.15) is 69.4 Å². The Morgan fingerprint density at radius 2 is 1.62 bits per heavy atom. The number of carbonyl (C=O) groups excluding carboxylic acids is 3. The molecular formula is C38H41N5O5. The van der Waals surface area contributed by atoms with E-state index in [2.05, 4.69) is 22.1 Å². The summed E-state index contributed by atoms with van der Waals surface area (Å²) in [5.74, 6) is 0.786. The fourth-order valence-corrected chi connectivity index (χ4v) is 6.83. The van der Waals surface area contributed by atoms with Crippen molar-refractivity contribution in [3.05, 3.63) is 89.7 Å². The molecule has 2 aliphatic heterocycles. The minimum atomic E-state index is -0.607. The van der Waals surface area contributed by atoms with Crippen molar-refractivity contribution in [2.24, 2.45) is 0 Å². The highest BCUT2D eigenvalue weighted by atomic mass is 16.6. The highest BCUT2D eigenvalue weighted by Crippen LogP contribution is 2.34. The van der Waals surface area contributed by atoms with Gasteiger partial charge in [0.1, 0.15) is 18.0 Å². The van der Waals surface area contributed by atoms with Crippen LogP contribution >= 0.6 is 0 Å². The van der Waals surface area contributed by atoms with Gasteiger partial charge in [0, 0.05) is 41.7 Å². The number of fused-ring (bicyclic) bond motifs is 2. The van der Waals surface area contributed by atoms with Gasteiger partial charge in [-0.3, -0.25) is 14.6 Å². The van der Waals surface area contributed by atoms with E-state index in [9.17, 15) is 14.4 Å². The van der Waals surface area contributed by atoms with E-state index in [-0.39, 0.29) is 30.9 Å². The van der Waals surface area contributed by atoms with Gasteiger partial charge in [-0.15, -0.1) is 0 Å². The monoisotopic (exact) mass is 647 g/mol. The lowest BCUT2D eigenvalue weighted by Gasteiger charge is -2.28. The van der Waals surface area contributed by atoms with E-state index in [4.69, 9.17) is 14.5 Å². The molecule has 0 aliphatic carbocycles. The number of ether oxygens (including phenoxy) is 2. The number of nitrogens with zero attached hydrogens (tertiary/aromatic N) is 3. The number of aromatic amines is 2. The maximum Gasteiger partial charge on any atom is 0.410 e. The molecule has 10 nitrogen and oxygen atoms in total. The molecule has 0 saturated carbocycles. The van der Waals surface area contributed by atoms with E-state index in [1.165, 1.54) is 0 Å². The maximum absolute atomic E-state index is 13.3. The number of carbonyl (C=O) groups is 3. The topological polar surface area (TPSA) is 121 Å². The molecule has 7 rings (SSSR count). The van der Waals surface area contributed by atoms with Crippen LogP contribution in [-0.2, 0) is 27.3 Å². The highest BCUT2D eigenvalue weighted by molar-refractivity contribution is 5.92. The molecule has 10 heteroatoms. The lowest BCUT2D eigenvalue weighted by molar-refractivity contribution is -0.122. The Labute approximate surface area is 279 Å². The van der Waals surface area contributed by atoms with Crippen molar-refractivity contribution in [3.8, 4) is 11.3 Å². The zero-order valence-electron chi connectivity index (χ0n) is 27.6. The molecular weight excluding hydrogens is 606 g/mol. The van der Waals surface area contributed by atoms with E-state index in [0.29, 0.717) is 19.5 Å². The molecule has 248 valence electrons. The van der Waals surface area contributed by atoms with Gasteiger partial charge in [-0.1, -0.05) is 42.5 Å². The summed E-state index contributed by atoms with van der Waals surface area (Å²) in [4.78, 5) is 54.2. The summed E-state index contributed by atoms with van der Waals surface area (Å²) in [6.45, 7) is 6.91. The van der Waals surface area contributed by atoms with E-state index >= 15 is 0 Å². The van der Waals surface area contributed by atoms with E-state index in [1.54, 1.807) is 9.80 Å². The third-order valence-electron chi connectivity index (χ3n) is 9.14. The number of likely N-dealkylation sites (tertiary alicyclic amines) is 2. The number of nitrogens with one attached hydrogen (secondary N) is 2. The van der Waals surface area contributed by atoms with Crippen LogP contribution in [-0.4, -0.2) is 67.5 Å². The van der Waals surface area contributed by atoms with Crippen molar-refractivity contribution >= 4 is 39.9 Å². The van der Waals surface area contributed by atoms with Crippen LogP contribution in [0.15, 0.2) is 72.8 Å². The summed E-state index contributed by atoms with van der Waals surface area (Å²) in [5.41, 5.74) is 5.90. The van der Waals surface area contributed by atoms with E-state index < -0.39 is 17.7 Å². The third-order valence-corrected chi connectivity index (χ3v) is 9.14. The molecule has 2 saturated heterocycles. The Kier molecular flexibility index (Phi) is 8.41. The quantitative estimate of drug-likeness (QED) is 0.187. The van der Waals surface area contributed by atoms with Crippen LogP contribution in [0, 0.1) is 0 Å². The summed E-state index contributed by atoms with van der Waals surface area (Å²) < 4.78 is 11.2. The average Bonchev–Trinajstić information content (AvgIpc) is 3.87. The molecule has 3 aromatic carbocycles. The predicted molar refractivity (Wildman–Crippen MR) is 183 cm³/mol. The maximum atomic E-state index is 13.3. The Hall–Kier alpha value is -5.12. The number of rotatable bonds is 7. The van der Waals surface area contributed by atoms with E-state index in [0.717, 1.165) is 69.4 Å². The first-order valence-electron chi connectivity index (χ1n) is 16.7. The minimum absolute atomic E-state index is 0.0271. The summed E-state index contributed by atoms with van der Waals surface area (Å²) in [6.07, 6.45) is 2.65. The molecule has 2 amide bonds. The molecule has 0 radical (unpaired) electrons. The number of H-pyrrole nitrogens is 2. The van der Waals surface area contributed by atoms with Gasteiger partial charge in [0.05, 0.1) is 23.1 Å². The SMILES string of the molecule is CC(C)(C)OC(=O)N1CCC[C@H]1C(=O)Cc1ccc2[nH]c(-c3ccc4nc([C@@H]5CCCN5C(=O)OCc5ccccc5)[nH]c4c3)cc2c1. The Morgan fingerprint density at radius 1 is 0.833 bits per heavy atom. The molecule has 0 spiro atoms. The average molecular weight is 648 g/mol. The number of hydrogen-bond donors (Lipinski definition) is 2. The number of imidazole rings is 1. The third kappa shape index (κ3) is 6.65. The number of amides is 2. The molecule has 5 aromatic rings. The summed E-state index contributed by atoms with van der Waals surface area (Å²) in [7, 11) is 0. The van der Waals surface area contributed by atoms with Gasteiger partial charge in [-0.05, 0) is 87.9 Å². The first-order chi connectivity index (χ1) is 23.1. The lowest BCUT2D eigenvalue weighted by atomic mass is 10.0. The van der Waals surface area contributed by atoms with Gasteiger partial charge in [-0.25, -0.2) is 14.6 Å². The molecule has 2 fully saturated rings.